The molecule has 0 unspecified atom stereocenters. The predicted octanol–water partition coefficient (Wildman–Crippen LogP) is 5.91. The number of pyridine rings is 1. The smallest absolute Gasteiger partial charge is 0.141 e. The number of ketones is 1. The summed E-state index contributed by atoms with van der Waals surface area (Å²) in [6, 6.07) is 20.6. The van der Waals surface area contributed by atoms with Crippen molar-refractivity contribution in [3.63, 3.8) is 0 Å². The molecule has 0 aliphatic carbocycles. The molecule has 0 saturated carbocycles. The SMILES string of the molecule is CCCSc1ccccc1CC(=O)Cc1ccc(-c2ccnc(C)c2)cc1. The van der Waals surface area contributed by atoms with Crippen molar-refractivity contribution in [2.45, 2.75) is 38.0 Å². The Morgan fingerprint density at radius 1 is 0.963 bits per heavy atom. The third kappa shape index (κ3) is 5.54. The maximum Gasteiger partial charge on any atom is 0.141 e. The highest BCUT2D eigenvalue weighted by atomic mass is 32.2. The molecule has 2 nitrogen and oxygen atoms in total. The van der Waals surface area contributed by atoms with Gasteiger partial charge in [-0.1, -0.05) is 49.4 Å². The van der Waals surface area contributed by atoms with Crippen LogP contribution in [0.3, 0.4) is 0 Å². The van der Waals surface area contributed by atoms with Crippen molar-refractivity contribution in [3.05, 3.63) is 83.7 Å². The molecule has 0 saturated heterocycles. The Hall–Kier alpha value is -2.39. The van der Waals surface area contributed by atoms with Crippen LogP contribution in [0.1, 0.15) is 30.2 Å². The predicted molar refractivity (Wildman–Crippen MR) is 114 cm³/mol. The number of nitrogens with zero attached hydrogens (tertiary/aromatic N) is 1. The van der Waals surface area contributed by atoms with Crippen LogP contribution >= 0.6 is 11.8 Å². The summed E-state index contributed by atoms with van der Waals surface area (Å²) in [5, 5.41) is 0. The molecule has 3 rings (SSSR count). The molecule has 3 heteroatoms. The molecule has 0 spiro atoms. The van der Waals surface area contributed by atoms with Crippen LogP contribution in [-0.2, 0) is 17.6 Å². The first kappa shape index (κ1) is 19.4. The van der Waals surface area contributed by atoms with Gasteiger partial charge in [0.2, 0.25) is 0 Å². The van der Waals surface area contributed by atoms with Gasteiger partial charge in [0.15, 0.2) is 0 Å². The van der Waals surface area contributed by atoms with Crippen molar-refractivity contribution in [1.82, 2.24) is 4.98 Å². The Labute approximate surface area is 166 Å². The zero-order valence-electron chi connectivity index (χ0n) is 15.9. The van der Waals surface area contributed by atoms with E-state index in [1.807, 2.05) is 43.1 Å². The maximum atomic E-state index is 12.6. The van der Waals surface area contributed by atoms with E-state index in [1.165, 1.54) is 4.90 Å². The van der Waals surface area contributed by atoms with E-state index in [2.05, 4.69) is 54.4 Å². The first-order chi connectivity index (χ1) is 13.2. The quantitative estimate of drug-likeness (QED) is 0.458. The molecule has 1 heterocycles. The van der Waals surface area contributed by atoms with Gasteiger partial charge < -0.3 is 0 Å². The molecule has 0 radical (unpaired) electrons. The van der Waals surface area contributed by atoms with Crippen LogP contribution in [0, 0.1) is 6.92 Å². The van der Waals surface area contributed by atoms with E-state index in [0.717, 1.165) is 40.1 Å². The number of benzene rings is 2. The van der Waals surface area contributed by atoms with E-state index in [1.54, 1.807) is 0 Å². The molecule has 0 amide bonds. The lowest BCUT2D eigenvalue weighted by Crippen LogP contribution is -2.07. The summed E-state index contributed by atoms with van der Waals surface area (Å²) in [7, 11) is 0. The molecule has 27 heavy (non-hydrogen) atoms. The van der Waals surface area contributed by atoms with Gasteiger partial charge in [0.05, 0.1) is 0 Å². The Kier molecular flexibility index (Phi) is 6.83. The summed E-state index contributed by atoms with van der Waals surface area (Å²) in [4.78, 5) is 18.1. The van der Waals surface area contributed by atoms with E-state index < -0.39 is 0 Å². The highest BCUT2D eigenvalue weighted by molar-refractivity contribution is 7.99. The van der Waals surface area contributed by atoms with Crippen LogP contribution in [0.2, 0.25) is 0 Å². The first-order valence-corrected chi connectivity index (χ1v) is 10.4. The third-order valence-electron chi connectivity index (χ3n) is 4.41. The van der Waals surface area contributed by atoms with Crippen molar-refractivity contribution in [1.29, 1.82) is 0 Å². The average molecular weight is 376 g/mol. The lowest BCUT2D eigenvalue weighted by atomic mass is 10.00. The Morgan fingerprint density at radius 2 is 1.74 bits per heavy atom. The lowest BCUT2D eigenvalue weighted by Gasteiger charge is -2.09. The molecule has 0 fully saturated rings. The van der Waals surface area contributed by atoms with Crippen molar-refractivity contribution in [3.8, 4) is 11.1 Å². The van der Waals surface area contributed by atoms with Gasteiger partial charge in [-0.3, -0.25) is 9.78 Å². The molecule has 0 aliphatic rings. The summed E-state index contributed by atoms with van der Waals surface area (Å²) < 4.78 is 0. The van der Waals surface area contributed by atoms with Crippen LogP contribution in [0.25, 0.3) is 11.1 Å². The Bertz CT molecular complexity index is 902. The van der Waals surface area contributed by atoms with Gasteiger partial charge in [0.25, 0.3) is 0 Å². The van der Waals surface area contributed by atoms with Crippen LogP contribution in [-0.4, -0.2) is 16.5 Å². The summed E-state index contributed by atoms with van der Waals surface area (Å²) >= 11 is 1.84. The largest absolute Gasteiger partial charge is 0.299 e. The fourth-order valence-electron chi connectivity index (χ4n) is 3.05. The van der Waals surface area contributed by atoms with E-state index >= 15 is 0 Å². The van der Waals surface area contributed by atoms with Gasteiger partial charge in [0, 0.05) is 29.6 Å². The van der Waals surface area contributed by atoms with Crippen molar-refractivity contribution >= 4 is 17.5 Å². The molecule has 0 bridgehead atoms. The number of carbonyl (C=O) groups is 1. The van der Waals surface area contributed by atoms with Gasteiger partial charge in [-0.15, -0.1) is 11.8 Å². The van der Waals surface area contributed by atoms with Gasteiger partial charge >= 0.3 is 0 Å². The highest BCUT2D eigenvalue weighted by Crippen LogP contribution is 2.24. The minimum atomic E-state index is 0.257. The van der Waals surface area contributed by atoms with Gasteiger partial charge in [-0.2, -0.15) is 0 Å². The number of aromatic nitrogens is 1. The average Bonchev–Trinajstić information content (AvgIpc) is 2.68. The summed E-state index contributed by atoms with van der Waals surface area (Å²) in [6.07, 6.45) is 3.94. The van der Waals surface area contributed by atoms with Gasteiger partial charge in [-0.25, -0.2) is 0 Å². The molecule has 0 N–H and O–H groups in total. The van der Waals surface area contributed by atoms with Crippen molar-refractivity contribution in [2.24, 2.45) is 0 Å². The standard InChI is InChI=1S/C24H25NOS/c1-3-14-27-24-7-5-4-6-22(24)17-23(26)16-19-8-10-20(11-9-19)21-12-13-25-18(2)15-21/h4-13,15H,3,14,16-17H2,1-2H3. The number of hydrogen-bond acceptors (Lipinski definition) is 3. The molecular formula is C24H25NOS. The van der Waals surface area contributed by atoms with Crippen LogP contribution in [0.15, 0.2) is 71.8 Å². The number of thioether (sulfide) groups is 1. The Morgan fingerprint density at radius 3 is 2.48 bits per heavy atom. The second-order valence-electron chi connectivity index (χ2n) is 6.73. The zero-order valence-corrected chi connectivity index (χ0v) is 16.8. The van der Waals surface area contributed by atoms with Crippen LogP contribution in [0.4, 0.5) is 0 Å². The molecule has 138 valence electrons. The second kappa shape index (κ2) is 9.52. The number of hydrogen-bond donors (Lipinski definition) is 0. The highest BCUT2D eigenvalue weighted by Gasteiger charge is 2.09. The summed E-state index contributed by atoms with van der Waals surface area (Å²) in [5.41, 5.74) is 5.52. The monoisotopic (exact) mass is 375 g/mol. The number of rotatable bonds is 8. The molecule has 1 aromatic heterocycles. The minimum absolute atomic E-state index is 0.257. The van der Waals surface area contributed by atoms with Gasteiger partial charge in [0.1, 0.15) is 5.78 Å². The molecule has 0 atom stereocenters. The maximum absolute atomic E-state index is 12.6. The van der Waals surface area contributed by atoms with Gasteiger partial charge in [-0.05, 0) is 59.6 Å². The zero-order chi connectivity index (χ0) is 19.1. The molecule has 2 aromatic carbocycles. The summed E-state index contributed by atoms with van der Waals surface area (Å²) in [5.74, 6) is 1.34. The van der Waals surface area contributed by atoms with E-state index in [9.17, 15) is 4.79 Å². The van der Waals surface area contributed by atoms with Crippen molar-refractivity contribution in [2.75, 3.05) is 5.75 Å². The second-order valence-corrected chi connectivity index (χ2v) is 7.87. The first-order valence-electron chi connectivity index (χ1n) is 9.40. The third-order valence-corrected chi connectivity index (χ3v) is 5.73. The Balaban J connectivity index is 1.65. The van der Waals surface area contributed by atoms with E-state index in [0.29, 0.717) is 12.8 Å². The lowest BCUT2D eigenvalue weighted by molar-refractivity contribution is -0.117. The van der Waals surface area contributed by atoms with E-state index in [4.69, 9.17) is 0 Å². The number of Topliss-reactive ketones (excluding diaryl/α,β-unsaturated/α-hetero) is 1. The topological polar surface area (TPSA) is 30.0 Å². The minimum Gasteiger partial charge on any atom is -0.299 e. The fraction of sp³-hybridized carbons (Fsp3) is 0.250. The van der Waals surface area contributed by atoms with Crippen molar-refractivity contribution < 1.29 is 4.79 Å². The van der Waals surface area contributed by atoms with Crippen LogP contribution in [0.5, 0.6) is 0 Å². The number of carbonyl (C=O) groups excluding carboxylic acids is 1. The van der Waals surface area contributed by atoms with E-state index in [-0.39, 0.29) is 5.78 Å². The molecular weight excluding hydrogens is 350 g/mol. The normalized spacial score (nSPS) is 10.7. The fourth-order valence-corrected chi connectivity index (χ4v) is 3.97. The van der Waals surface area contributed by atoms with Crippen LogP contribution < -0.4 is 0 Å². The molecule has 0 aliphatic heterocycles. The summed E-state index contributed by atoms with van der Waals surface area (Å²) in [6.45, 7) is 4.17. The number of aryl methyl sites for hydroxylation is 1. The molecule has 3 aromatic rings.